The van der Waals surface area contributed by atoms with Crippen LogP contribution in [0.4, 0.5) is 0 Å². The highest BCUT2D eigenvalue weighted by Gasteiger charge is 2.19. The molecule has 0 aliphatic rings. The summed E-state index contributed by atoms with van der Waals surface area (Å²) in [6, 6.07) is 0. The summed E-state index contributed by atoms with van der Waals surface area (Å²) in [5.74, 6) is 3.36. The number of hydrogen-bond acceptors (Lipinski definition) is 7. The number of carbonyl (C=O) groups excluding carboxylic acids is 1. The number of carbonyl (C=O) groups is 1. The van der Waals surface area contributed by atoms with Crippen LogP contribution in [0.15, 0.2) is 20.3 Å². The molecule has 0 saturated carbocycles. The topological polar surface area (TPSA) is 146 Å². The molecule has 0 spiro atoms. The molecule has 98 valence electrons. The number of amides is 1. The summed E-state index contributed by atoms with van der Waals surface area (Å²) in [5.41, 5.74) is -1.21. The van der Waals surface area contributed by atoms with E-state index in [0.29, 0.717) is 0 Å². The molecule has 0 radical (unpaired) electrons. The number of nitrogens with two attached hydrogens (primary N) is 1. The fraction of sp³-hybridized carbons (Fsp3) is 0.375. The number of nitrogens with zero attached hydrogens (tertiary/aromatic N) is 3. The number of rotatable bonds is 4. The number of aromatic amines is 1. The summed E-state index contributed by atoms with van der Waals surface area (Å²) in [7, 11) is 0. The van der Waals surface area contributed by atoms with E-state index >= 15 is 0 Å². The molecule has 0 fully saturated rings. The smallest absolute Gasteiger partial charge is 0.268 e. The van der Waals surface area contributed by atoms with Gasteiger partial charge < -0.3 is 21.2 Å². The van der Waals surface area contributed by atoms with Crippen LogP contribution in [0.1, 0.15) is 17.3 Å². The number of thioether (sulfide) groups is 1. The molecule has 1 atom stereocenters. The normalized spacial score (nSPS) is 12.6. The molecule has 0 aliphatic carbocycles. The molecule has 10 heteroatoms. The zero-order chi connectivity index (χ0) is 13.7. The van der Waals surface area contributed by atoms with Gasteiger partial charge in [-0.1, -0.05) is 17.0 Å². The van der Waals surface area contributed by atoms with Crippen molar-refractivity contribution < 1.29 is 9.90 Å². The first-order valence-electron chi connectivity index (χ1n) is 4.77. The van der Waals surface area contributed by atoms with Crippen molar-refractivity contribution in [3.8, 4) is 5.88 Å². The maximum absolute atomic E-state index is 11.7. The molecule has 1 amide bonds. The van der Waals surface area contributed by atoms with Crippen LogP contribution >= 0.6 is 11.8 Å². The molecule has 9 nitrogen and oxygen atoms in total. The van der Waals surface area contributed by atoms with Crippen molar-refractivity contribution >= 4 is 17.7 Å². The maximum Gasteiger partial charge on any atom is 0.268 e. The maximum atomic E-state index is 11.7. The predicted octanol–water partition coefficient (Wildman–Crippen LogP) is -0.401. The zero-order valence-electron chi connectivity index (χ0n) is 9.67. The third-order valence-electron chi connectivity index (χ3n) is 1.88. The van der Waals surface area contributed by atoms with E-state index in [0.717, 1.165) is 11.8 Å². The molecule has 0 saturated heterocycles. The van der Waals surface area contributed by atoms with Gasteiger partial charge in [0.15, 0.2) is 10.7 Å². The third-order valence-corrected chi connectivity index (χ3v) is 2.46. The van der Waals surface area contributed by atoms with Crippen molar-refractivity contribution in [2.75, 3.05) is 6.26 Å². The Morgan fingerprint density at radius 2 is 2.33 bits per heavy atom. The summed E-state index contributed by atoms with van der Waals surface area (Å²) < 4.78 is 0. The second kappa shape index (κ2) is 6.00. The summed E-state index contributed by atoms with van der Waals surface area (Å²) in [6.45, 7) is 1.50. The minimum absolute atomic E-state index is 0.212. The minimum atomic E-state index is -0.811. The number of nitrogens with one attached hydrogen (secondary N) is 2. The lowest BCUT2D eigenvalue weighted by atomic mass is 10.3. The number of aromatic hydroxyl groups is 1. The summed E-state index contributed by atoms with van der Waals surface area (Å²) in [5, 5.41) is 18.5. The van der Waals surface area contributed by atoms with Gasteiger partial charge >= 0.3 is 0 Å². The van der Waals surface area contributed by atoms with Gasteiger partial charge in [-0.15, -0.1) is 5.11 Å². The van der Waals surface area contributed by atoms with Crippen molar-refractivity contribution in [1.29, 1.82) is 0 Å². The SMILES string of the molecule is CSc1nc(O)c(C(=O)NC(C)N=NN)c(=O)[nH]1. The van der Waals surface area contributed by atoms with E-state index in [9.17, 15) is 14.7 Å². The number of hydrogen-bond donors (Lipinski definition) is 4. The van der Waals surface area contributed by atoms with Crippen molar-refractivity contribution in [1.82, 2.24) is 15.3 Å². The van der Waals surface area contributed by atoms with Crippen LogP contribution < -0.4 is 16.7 Å². The van der Waals surface area contributed by atoms with Crippen molar-refractivity contribution in [2.45, 2.75) is 18.2 Å². The fourth-order valence-electron chi connectivity index (χ4n) is 1.13. The summed E-state index contributed by atoms with van der Waals surface area (Å²) in [6.07, 6.45) is 0.947. The molecule has 18 heavy (non-hydrogen) atoms. The van der Waals surface area contributed by atoms with Gasteiger partial charge in [0.25, 0.3) is 11.5 Å². The largest absolute Gasteiger partial charge is 0.493 e. The van der Waals surface area contributed by atoms with E-state index in [1.807, 2.05) is 0 Å². The van der Waals surface area contributed by atoms with E-state index < -0.39 is 29.1 Å². The van der Waals surface area contributed by atoms with Gasteiger partial charge in [-0.25, -0.2) is 0 Å². The fourth-order valence-corrected chi connectivity index (χ4v) is 1.51. The molecule has 1 aromatic heterocycles. The van der Waals surface area contributed by atoms with Crippen LogP contribution in [0.2, 0.25) is 0 Å². The summed E-state index contributed by atoms with van der Waals surface area (Å²) in [4.78, 5) is 29.3. The van der Waals surface area contributed by atoms with Crippen LogP contribution in [0.25, 0.3) is 0 Å². The molecule has 0 aliphatic heterocycles. The molecule has 1 heterocycles. The van der Waals surface area contributed by atoms with E-state index in [4.69, 9.17) is 5.84 Å². The van der Waals surface area contributed by atoms with Crippen LogP contribution in [0, 0.1) is 0 Å². The first-order chi connectivity index (χ1) is 8.49. The molecule has 1 aromatic rings. The van der Waals surface area contributed by atoms with Crippen molar-refractivity contribution in [3.05, 3.63) is 15.9 Å². The Kier molecular flexibility index (Phi) is 4.66. The van der Waals surface area contributed by atoms with E-state index in [2.05, 4.69) is 25.6 Å². The van der Waals surface area contributed by atoms with E-state index in [1.165, 1.54) is 6.92 Å². The zero-order valence-corrected chi connectivity index (χ0v) is 10.5. The molecular weight excluding hydrogens is 260 g/mol. The monoisotopic (exact) mass is 272 g/mol. The van der Waals surface area contributed by atoms with Gasteiger partial charge in [0.1, 0.15) is 6.17 Å². The first kappa shape index (κ1) is 14.0. The Morgan fingerprint density at radius 3 is 2.83 bits per heavy atom. The Bertz CT molecular complexity index is 528. The molecule has 1 rings (SSSR count). The highest BCUT2D eigenvalue weighted by Crippen LogP contribution is 2.13. The van der Waals surface area contributed by atoms with E-state index in [-0.39, 0.29) is 5.16 Å². The van der Waals surface area contributed by atoms with E-state index in [1.54, 1.807) is 6.26 Å². The molecule has 5 N–H and O–H groups in total. The lowest BCUT2D eigenvalue weighted by Crippen LogP contribution is -2.35. The third kappa shape index (κ3) is 3.20. The average molecular weight is 272 g/mol. The van der Waals surface area contributed by atoms with Crippen molar-refractivity contribution in [2.24, 2.45) is 16.2 Å². The number of H-pyrrole nitrogens is 1. The number of aromatic nitrogens is 2. The second-order valence-electron chi connectivity index (χ2n) is 3.15. The van der Waals surface area contributed by atoms with Crippen LogP contribution in [-0.4, -0.2) is 33.4 Å². The van der Waals surface area contributed by atoms with Gasteiger partial charge in [0, 0.05) is 0 Å². The molecule has 1 unspecified atom stereocenters. The van der Waals surface area contributed by atoms with Gasteiger partial charge in [-0.3, -0.25) is 9.59 Å². The van der Waals surface area contributed by atoms with Crippen molar-refractivity contribution in [3.63, 3.8) is 0 Å². The Morgan fingerprint density at radius 1 is 1.67 bits per heavy atom. The van der Waals surface area contributed by atoms with Crippen LogP contribution in [0.3, 0.4) is 0 Å². The van der Waals surface area contributed by atoms with Crippen LogP contribution in [0.5, 0.6) is 5.88 Å². The standard InChI is InChI=1S/C8H12N6O3S/c1-3(13-14-9)10-5(15)4-6(16)11-8(18-2)12-7(4)17/h3H,1-2H3,(H2,9,13)(H,10,15)(H2,11,12,16,17). The second-order valence-corrected chi connectivity index (χ2v) is 3.95. The van der Waals surface area contributed by atoms with Gasteiger partial charge in [0.05, 0.1) is 0 Å². The minimum Gasteiger partial charge on any atom is -0.493 e. The van der Waals surface area contributed by atoms with Gasteiger partial charge in [0.2, 0.25) is 5.88 Å². The lowest BCUT2D eigenvalue weighted by Gasteiger charge is -2.08. The first-order valence-corrected chi connectivity index (χ1v) is 6.00. The Balaban J connectivity index is 3.03. The quantitative estimate of drug-likeness (QED) is 0.193. The predicted molar refractivity (Wildman–Crippen MR) is 64.3 cm³/mol. The lowest BCUT2D eigenvalue weighted by molar-refractivity contribution is 0.0934. The van der Waals surface area contributed by atoms with Gasteiger partial charge in [-0.2, -0.15) is 4.98 Å². The Labute approximate surface area is 106 Å². The molecule has 0 aromatic carbocycles. The molecular formula is C8H12N6O3S. The van der Waals surface area contributed by atoms with Gasteiger partial charge in [-0.05, 0) is 13.2 Å². The highest BCUT2D eigenvalue weighted by molar-refractivity contribution is 7.98. The Hall–Kier alpha value is -2.10. The average Bonchev–Trinajstić information content (AvgIpc) is 2.27. The highest BCUT2D eigenvalue weighted by atomic mass is 32.2. The van der Waals surface area contributed by atoms with Crippen LogP contribution in [-0.2, 0) is 0 Å². The summed E-state index contributed by atoms with van der Waals surface area (Å²) >= 11 is 1.13. The molecule has 0 bridgehead atoms.